The van der Waals surface area contributed by atoms with Crippen LogP contribution in [0.3, 0.4) is 0 Å². The van der Waals surface area contributed by atoms with Crippen molar-refractivity contribution in [3.05, 3.63) is 18.3 Å². The molecule has 5 nitrogen and oxygen atoms in total. The molecule has 1 saturated carbocycles. The highest BCUT2D eigenvalue weighted by molar-refractivity contribution is 7.89. The first-order chi connectivity index (χ1) is 10.0. The Morgan fingerprint density at radius 3 is 2.67 bits per heavy atom. The van der Waals surface area contributed by atoms with E-state index in [0.717, 1.165) is 18.8 Å². The molecule has 0 unspecified atom stereocenters. The lowest BCUT2D eigenvalue weighted by molar-refractivity contribution is 0.290. The third-order valence-electron chi connectivity index (χ3n) is 4.10. The van der Waals surface area contributed by atoms with Crippen LogP contribution in [0, 0.1) is 11.8 Å². The Kier molecular flexibility index (Phi) is 5.58. The lowest BCUT2D eigenvalue weighted by Gasteiger charge is -2.26. The molecule has 118 valence electrons. The van der Waals surface area contributed by atoms with Gasteiger partial charge in [-0.05, 0) is 43.7 Å². The SMILES string of the molecule is CCNc1ncccc1S(=O)(=O)NCC1CCC(C)CC1. The van der Waals surface area contributed by atoms with Gasteiger partial charge in [0.25, 0.3) is 0 Å². The molecule has 0 bridgehead atoms. The molecule has 0 amide bonds. The van der Waals surface area contributed by atoms with Gasteiger partial charge >= 0.3 is 0 Å². The maximum Gasteiger partial charge on any atom is 0.244 e. The first-order valence-corrected chi connectivity index (χ1v) is 9.19. The second kappa shape index (κ2) is 7.22. The van der Waals surface area contributed by atoms with Crippen molar-refractivity contribution in [1.29, 1.82) is 0 Å². The minimum Gasteiger partial charge on any atom is -0.369 e. The minimum atomic E-state index is -3.50. The Balaban J connectivity index is 2.01. The molecular formula is C15H25N3O2S. The Morgan fingerprint density at radius 2 is 2.00 bits per heavy atom. The van der Waals surface area contributed by atoms with Gasteiger partial charge < -0.3 is 5.32 Å². The van der Waals surface area contributed by atoms with Crippen LogP contribution in [0.15, 0.2) is 23.2 Å². The van der Waals surface area contributed by atoms with E-state index in [4.69, 9.17) is 0 Å². The predicted octanol–water partition coefficient (Wildman–Crippen LogP) is 2.62. The summed E-state index contributed by atoms with van der Waals surface area (Å²) in [7, 11) is -3.50. The summed E-state index contributed by atoms with van der Waals surface area (Å²) in [5.74, 6) is 1.65. The van der Waals surface area contributed by atoms with E-state index in [2.05, 4.69) is 21.9 Å². The second-order valence-electron chi connectivity index (χ2n) is 5.86. The molecule has 21 heavy (non-hydrogen) atoms. The Morgan fingerprint density at radius 1 is 1.29 bits per heavy atom. The molecular weight excluding hydrogens is 286 g/mol. The van der Waals surface area contributed by atoms with Crippen molar-refractivity contribution in [2.75, 3.05) is 18.4 Å². The van der Waals surface area contributed by atoms with Crippen molar-refractivity contribution in [3.8, 4) is 0 Å². The van der Waals surface area contributed by atoms with Crippen LogP contribution >= 0.6 is 0 Å². The largest absolute Gasteiger partial charge is 0.369 e. The summed E-state index contributed by atoms with van der Waals surface area (Å²) in [4.78, 5) is 4.34. The lowest BCUT2D eigenvalue weighted by atomic mass is 9.83. The molecule has 1 aromatic rings. The van der Waals surface area contributed by atoms with Crippen molar-refractivity contribution in [3.63, 3.8) is 0 Å². The summed E-state index contributed by atoms with van der Waals surface area (Å²) in [6, 6.07) is 3.24. The number of pyridine rings is 1. The number of aromatic nitrogens is 1. The molecule has 0 aliphatic heterocycles. The van der Waals surface area contributed by atoms with Crippen molar-refractivity contribution in [2.45, 2.75) is 44.4 Å². The molecule has 6 heteroatoms. The summed E-state index contributed by atoms with van der Waals surface area (Å²) in [5, 5.41) is 3.00. The number of hydrogen-bond donors (Lipinski definition) is 2. The molecule has 1 fully saturated rings. The van der Waals surface area contributed by atoms with Crippen LogP contribution in [-0.2, 0) is 10.0 Å². The molecule has 0 radical (unpaired) electrons. The van der Waals surface area contributed by atoms with E-state index in [1.54, 1.807) is 18.3 Å². The smallest absolute Gasteiger partial charge is 0.244 e. The maximum absolute atomic E-state index is 12.4. The van der Waals surface area contributed by atoms with E-state index in [1.165, 1.54) is 12.8 Å². The highest BCUT2D eigenvalue weighted by Gasteiger charge is 2.23. The molecule has 1 heterocycles. The third-order valence-corrected chi connectivity index (χ3v) is 5.56. The number of anilines is 1. The highest BCUT2D eigenvalue weighted by Crippen LogP contribution is 2.28. The second-order valence-corrected chi connectivity index (χ2v) is 7.59. The number of nitrogens with one attached hydrogen (secondary N) is 2. The summed E-state index contributed by atoms with van der Waals surface area (Å²) in [6.07, 6.45) is 6.21. The van der Waals surface area contributed by atoms with Gasteiger partial charge in [0.1, 0.15) is 10.7 Å². The molecule has 0 atom stereocenters. The molecule has 0 saturated heterocycles. The normalized spacial score (nSPS) is 23.0. The highest BCUT2D eigenvalue weighted by atomic mass is 32.2. The zero-order chi connectivity index (χ0) is 15.3. The van der Waals surface area contributed by atoms with Gasteiger partial charge in [-0.25, -0.2) is 18.1 Å². The van der Waals surface area contributed by atoms with Crippen LogP contribution in [0.4, 0.5) is 5.82 Å². The first-order valence-electron chi connectivity index (χ1n) is 7.71. The number of rotatable bonds is 6. The van der Waals surface area contributed by atoms with Crippen LogP contribution in [0.2, 0.25) is 0 Å². The summed E-state index contributed by atoms with van der Waals surface area (Å²) < 4.78 is 27.6. The lowest BCUT2D eigenvalue weighted by Crippen LogP contribution is -2.31. The fraction of sp³-hybridized carbons (Fsp3) is 0.667. The average Bonchev–Trinajstić information content (AvgIpc) is 2.47. The van der Waals surface area contributed by atoms with Gasteiger partial charge in [-0.2, -0.15) is 0 Å². The van der Waals surface area contributed by atoms with Crippen LogP contribution in [0.25, 0.3) is 0 Å². The zero-order valence-electron chi connectivity index (χ0n) is 12.8. The number of nitrogens with zero attached hydrogens (tertiary/aromatic N) is 1. The summed E-state index contributed by atoms with van der Waals surface area (Å²) >= 11 is 0. The molecule has 0 spiro atoms. The van der Waals surface area contributed by atoms with E-state index in [0.29, 0.717) is 24.8 Å². The number of hydrogen-bond acceptors (Lipinski definition) is 4. The maximum atomic E-state index is 12.4. The Hall–Kier alpha value is -1.14. The summed E-state index contributed by atoms with van der Waals surface area (Å²) in [6.45, 7) is 5.34. The van der Waals surface area contributed by atoms with E-state index in [-0.39, 0.29) is 4.90 Å². The van der Waals surface area contributed by atoms with Gasteiger partial charge in [-0.1, -0.05) is 19.8 Å². The Labute approximate surface area is 127 Å². The molecule has 1 aliphatic carbocycles. The fourth-order valence-electron chi connectivity index (χ4n) is 2.75. The van der Waals surface area contributed by atoms with Gasteiger partial charge in [-0.15, -0.1) is 0 Å². The zero-order valence-corrected chi connectivity index (χ0v) is 13.6. The van der Waals surface area contributed by atoms with Crippen molar-refractivity contribution >= 4 is 15.8 Å². The number of sulfonamides is 1. The van der Waals surface area contributed by atoms with Crippen LogP contribution < -0.4 is 10.0 Å². The first kappa shape index (κ1) is 16.2. The van der Waals surface area contributed by atoms with Crippen molar-refractivity contribution in [1.82, 2.24) is 9.71 Å². The molecule has 1 aliphatic rings. The predicted molar refractivity (Wildman–Crippen MR) is 84.7 cm³/mol. The van der Waals surface area contributed by atoms with Gasteiger partial charge in [0.05, 0.1) is 0 Å². The minimum absolute atomic E-state index is 0.232. The van der Waals surface area contributed by atoms with Crippen molar-refractivity contribution in [2.24, 2.45) is 11.8 Å². The standard InChI is InChI=1S/C15H25N3O2S/c1-3-16-15-14(5-4-10-17-15)21(19,20)18-11-13-8-6-12(2)7-9-13/h4-5,10,12-13,18H,3,6-9,11H2,1-2H3,(H,16,17). The average molecular weight is 311 g/mol. The van der Waals surface area contributed by atoms with E-state index in [9.17, 15) is 8.42 Å². The van der Waals surface area contributed by atoms with Crippen LogP contribution in [0.5, 0.6) is 0 Å². The topological polar surface area (TPSA) is 71.1 Å². The van der Waals surface area contributed by atoms with Gasteiger partial charge in [0.2, 0.25) is 10.0 Å². The monoisotopic (exact) mass is 311 g/mol. The molecule has 1 aromatic heterocycles. The van der Waals surface area contributed by atoms with E-state index >= 15 is 0 Å². The Bertz CT molecular complexity index is 552. The molecule has 2 N–H and O–H groups in total. The van der Waals surface area contributed by atoms with E-state index < -0.39 is 10.0 Å². The quantitative estimate of drug-likeness (QED) is 0.847. The molecule has 0 aromatic carbocycles. The van der Waals surface area contributed by atoms with Crippen LogP contribution in [0.1, 0.15) is 39.5 Å². The third kappa shape index (κ3) is 4.41. The van der Waals surface area contributed by atoms with Gasteiger partial charge in [-0.3, -0.25) is 0 Å². The summed E-state index contributed by atoms with van der Waals surface area (Å²) in [5.41, 5.74) is 0. The fourth-order valence-corrected chi connectivity index (χ4v) is 3.99. The molecule has 2 rings (SSSR count). The van der Waals surface area contributed by atoms with Crippen LogP contribution in [-0.4, -0.2) is 26.5 Å². The van der Waals surface area contributed by atoms with Gasteiger partial charge in [0.15, 0.2) is 0 Å². The van der Waals surface area contributed by atoms with Crippen molar-refractivity contribution < 1.29 is 8.42 Å². The van der Waals surface area contributed by atoms with E-state index in [1.807, 2.05) is 6.92 Å². The van der Waals surface area contributed by atoms with Gasteiger partial charge in [0, 0.05) is 19.3 Å².